The highest BCUT2D eigenvalue weighted by Crippen LogP contribution is 2.26. The Hall–Kier alpha value is -3.35. The van der Waals surface area contributed by atoms with Gasteiger partial charge < -0.3 is 14.8 Å². The molecule has 2 N–H and O–H groups in total. The van der Waals surface area contributed by atoms with Gasteiger partial charge in [-0.1, -0.05) is 6.07 Å². The third kappa shape index (κ3) is 5.07. The van der Waals surface area contributed by atoms with Crippen LogP contribution in [0, 0.1) is 0 Å². The van der Waals surface area contributed by atoms with Crippen LogP contribution < -0.4 is 20.2 Å². The number of amides is 2. The molecule has 0 bridgehead atoms. The summed E-state index contributed by atoms with van der Waals surface area (Å²) in [6.45, 7) is 1.40. The van der Waals surface area contributed by atoms with Gasteiger partial charge in [0.1, 0.15) is 0 Å². The maximum absolute atomic E-state index is 12.1. The Morgan fingerprint density at radius 3 is 2.48 bits per heavy atom. The number of nitrogens with one attached hydrogen (secondary N) is 2. The van der Waals surface area contributed by atoms with Crippen LogP contribution >= 0.6 is 0 Å². The summed E-state index contributed by atoms with van der Waals surface area (Å²) in [5.41, 5.74) is 4.11. The van der Waals surface area contributed by atoms with E-state index >= 15 is 0 Å². The lowest BCUT2D eigenvalue weighted by atomic mass is 10.2. The van der Waals surface area contributed by atoms with Crippen LogP contribution in [0.2, 0.25) is 0 Å². The summed E-state index contributed by atoms with van der Waals surface area (Å²) in [6.07, 6.45) is 1.50. The molecule has 2 aromatic carbocycles. The van der Waals surface area contributed by atoms with E-state index < -0.39 is 0 Å². The van der Waals surface area contributed by atoms with Gasteiger partial charge >= 0.3 is 0 Å². The molecule has 7 heteroatoms. The zero-order chi connectivity index (χ0) is 18.2. The summed E-state index contributed by atoms with van der Waals surface area (Å²) in [5, 5.41) is 6.55. The lowest BCUT2D eigenvalue weighted by Gasteiger charge is -2.07. The van der Waals surface area contributed by atoms with Crippen LogP contribution in [0.3, 0.4) is 0 Å². The number of hydrogen-bond donors (Lipinski definition) is 2. The molecule has 2 rings (SSSR count). The number of carbonyl (C=O) groups excluding carboxylic acids is 2. The van der Waals surface area contributed by atoms with Crippen molar-refractivity contribution in [3.8, 4) is 11.5 Å². The molecule has 0 aliphatic heterocycles. The molecule has 2 aromatic rings. The van der Waals surface area contributed by atoms with Gasteiger partial charge in [0.05, 0.1) is 20.4 Å². The molecule has 7 nitrogen and oxygen atoms in total. The fourth-order valence-electron chi connectivity index (χ4n) is 2.10. The topological polar surface area (TPSA) is 89.0 Å². The summed E-state index contributed by atoms with van der Waals surface area (Å²) in [7, 11) is 3.10. The van der Waals surface area contributed by atoms with Crippen LogP contribution in [0.4, 0.5) is 5.69 Å². The van der Waals surface area contributed by atoms with Crippen LogP contribution in [0.5, 0.6) is 11.5 Å². The summed E-state index contributed by atoms with van der Waals surface area (Å²) < 4.78 is 10.4. The lowest BCUT2D eigenvalue weighted by molar-refractivity contribution is -0.114. The van der Waals surface area contributed by atoms with Gasteiger partial charge in [0, 0.05) is 18.2 Å². The minimum atomic E-state index is -0.385. The van der Waals surface area contributed by atoms with E-state index in [1.807, 2.05) is 0 Å². The normalized spacial score (nSPS) is 10.4. The number of hydrogen-bond acceptors (Lipinski definition) is 5. The molecular formula is C18H19N3O4. The molecule has 0 aromatic heterocycles. The molecule has 0 fully saturated rings. The molecule has 130 valence electrons. The van der Waals surface area contributed by atoms with E-state index in [2.05, 4.69) is 15.8 Å². The fourth-order valence-corrected chi connectivity index (χ4v) is 2.10. The Morgan fingerprint density at radius 2 is 1.80 bits per heavy atom. The zero-order valence-electron chi connectivity index (χ0n) is 14.2. The molecule has 0 saturated carbocycles. The first kappa shape index (κ1) is 18.0. The zero-order valence-corrected chi connectivity index (χ0v) is 14.2. The standard InChI is InChI=1S/C18H19N3O4/c1-12(22)20-15-6-4-5-14(10-15)18(23)21-19-11-13-7-8-16(24-2)17(9-13)25-3/h4-11H,1-3H3,(H,20,22)(H,21,23). The average Bonchev–Trinajstić information content (AvgIpc) is 2.61. The molecular weight excluding hydrogens is 322 g/mol. The van der Waals surface area contributed by atoms with E-state index in [4.69, 9.17) is 9.47 Å². The van der Waals surface area contributed by atoms with Crippen LogP contribution in [-0.2, 0) is 4.79 Å². The molecule has 0 spiro atoms. The minimum Gasteiger partial charge on any atom is -0.493 e. The predicted octanol–water partition coefficient (Wildman–Crippen LogP) is 2.43. The fraction of sp³-hybridized carbons (Fsp3) is 0.167. The SMILES string of the molecule is COc1ccc(C=NNC(=O)c2cccc(NC(C)=O)c2)cc1OC. The van der Waals surface area contributed by atoms with Crippen molar-refractivity contribution in [2.45, 2.75) is 6.92 Å². The second-order valence-electron chi connectivity index (χ2n) is 5.08. The van der Waals surface area contributed by atoms with Crippen molar-refractivity contribution in [2.24, 2.45) is 5.10 Å². The lowest BCUT2D eigenvalue weighted by Crippen LogP contribution is -2.18. The van der Waals surface area contributed by atoms with Crippen molar-refractivity contribution in [2.75, 3.05) is 19.5 Å². The van der Waals surface area contributed by atoms with Crippen molar-refractivity contribution in [1.29, 1.82) is 0 Å². The number of benzene rings is 2. The van der Waals surface area contributed by atoms with Gasteiger partial charge in [-0.3, -0.25) is 9.59 Å². The van der Waals surface area contributed by atoms with Gasteiger partial charge in [-0.25, -0.2) is 5.43 Å². The minimum absolute atomic E-state index is 0.205. The average molecular weight is 341 g/mol. The third-order valence-electron chi connectivity index (χ3n) is 3.23. The monoisotopic (exact) mass is 341 g/mol. The van der Waals surface area contributed by atoms with Crippen molar-refractivity contribution in [3.05, 3.63) is 53.6 Å². The van der Waals surface area contributed by atoms with Gasteiger partial charge in [0.25, 0.3) is 5.91 Å². The molecule has 0 aliphatic carbocycles. The molecule has 0 saturated heterocycles. The van der Waals surface area contributed by atoms with Crippen molar-refractivity contribution >= 4 is 23.7 Å². The van der Waals surface area contributed by atoms with Gasteiger partial charge in [0.2, 0.25) is 5.91 Å². The number of methoxy groups -OCH3 is 2. The Labute approximate surface area is 145 Å². The third-order valence-corrected chi connectivity index (χ3v) is 3.23. The van der Waals surface area contributed by atoms with E-state index in [9.17, 15) is 9.59 Å². The van der Waals surface area contributed by atoms with E-state index in [-0.39, 0.29) is 11.8 Å². The largest absolute Gasteiger partial charge is 0.493 e. The Bertz CT molecular complexity index is 803. The number of rotatable bonds is 6. The number of ether oxygens (including phenoxy) is 2. The van der Waals surface area contributed by atoms with E-state index in [0.29, 0.717) is 22.7 Å². The quantitative estimate of drug-likeness (QED) is 0.624. The number of carbonyl (C=O) groups is 2. The highest BCUT2D eigenvalue weighted by Gasteiger charge is 2.06. The summed E-state index contributed by atoms with van der Waals surface area (Å²) in [4.78, 5) is 23.2. The maximum Gasteiger partial charge on any atom is 0.271 e. The second kappa shape index (κ2) is 8.49. The molecule has 25 heavy (non-hydrogen) atoms. The van der Waals surface area contributed by atoms with Crippen molar-refractivity contribution in [1.82, 2.24) is 5.43 Å². The highest BCUT2D eigenvalue weighted by molar-refractivity contribution is 5.97. The summed E-state index contributed by atoms with van der Waals surface area (Å²) in [6, 6.07) is 11.9. The van der Waals surface area contributed by atoms with Gasteiger partial charge in [-0.05, 0) is 42.0 Å². The predicted molar refractivity (Wildman–Crippen MR) is 95.4 cm³/mol. The van der Waals surface area contributed by atoms with Crippen molar-refractivity contribution in [3.63, 3.8) is 0 Å². The van der Waals surface area contributed by atoms with Gasteiger partial charge in [-0.2, -0.15) is 5.10 Å². The number of anilines is 1. The number of nitrogens with zero attached hydrogens (tertiary/aromatic N) is 1. The molecule has 0 unspecified atom stereocenters. The van der Waals surface area contributed by atoms with Crippen LogP contribution in [0.1, 0.15) is 22.8 Å². The van der Waals surface area contributed by atoms with Crippen LogP contribution in [0.15, 0.2) is 47.6 Å². The van der Waals surface area contributed by atoms with Crippen LogP contribution in [0.25, 0.3) is 0 Å². The Balaban J connectivity index is 2.04. The summed E-state index contributed by atoms with van der Waals surface area (Å²) >= 11 is 0. The first-order chi connectivity index (χ1) is 12.0. The smallest absolute Gasteiger partial charge is 0.271 e. The van der Waals surface area contributed by atoms with E-state index in [0.717, 1.165) is 5.56 Å². The molecule has 0 radical (unpaired) electrons. The van der Waals surface area contributed by atoms with Gasteiger partial charge in [0.15, 0.2) is 11.5 Å². The first-order valence-electron chi connectivity index (χ1n) is 7.46. The maximum atomic E-state index is 12.1. The molecule has 2 amide bonds. The Morgan fingerprint density at radius 1 is 1.04 bits per heavy atom. The first-order valence-corrected chi connectivity index (χ1v) is 7.46. The van der Waals surface area contributed by atoms with Crippen molar-refractivity contribution < 1.29 is 19.1 Å². The molecule has 0 aliphatic rings. The molecule has 0 heterocycles. The van der Waals surface area contributed by atoms with E-state index in [1.54, 1.807) is 56.7 Å². The second-order valence-corrected chi connectivity index (χ2v) is 5.08. The molecule has 0 atom stereocenters. The Kier molecular flexibility index (Phi) is 6.11. The highest BCUT2D eigenvalue weighted by atomic mass is 16.5. The van der Waals surface area contributed by atoms with Crippen LogP contribution in [-0.4, -0.2) is 32.2 Å². The van der Waals surface area contributed by atoms with E-state index in [1.165, 1.54) is 13.1 Å². The summed E-state index contributed by atoms with van der Waals surface area (Å²) in [5.74, 6) is 0.590. The van der Waals surface area contributed by atoms with Gasteiger partial charge in [-0.15, -0.1) is 0 Å². The number of hydrazone groups is 1.